The van der Waals surface area contributed by atoms with Gasteiger partial charge in [0.1, 0.15) is 10.6 Å². The lowest BCUT2D eigenvalue weighted by atomic mass is 9.97. The fourth-order valence-electron chi connectivity index (χ4n) is 3.57. The SMILES string of the molecule is Cc1ccc(OCC(=O)NS(=O)(=O)c2cnn(CC(C)C)c2)c2c1C(C)CC2=O. The number of Topliss-reactive ketones (excluding diaryl/α,β-unsaturated/α-hetero) is 1. The second kappa shape index (κ2) is 7.98. The predicted octanol–water partition coefficient (Wildman–Crippen LogP) is 2.42. The summed E-state index contributed by atoms with van der Waals surface area (Å²) in [7, 11) is -4.05. The zero-order valence-electron chi connectivity index (χ0n) is 16.9. The Balaban J connectivity index is 1.68. The molecule has 0 aliphatic heterocycles. The Bertz CT molecular complexity index is 1060. The van der Waals surface area contributed by atoms with Gasteiger partial charge < -0.3 is 4.74 Å². The molecular weight excluding hydrogens is 394 g/mol. The van der Waals surface area contributed by atoms with Crippen molar-refractivity contribution >= 4 is 21.7 Å². The van der Waals surface area contributed by atoms with Crippen molar-refractivity contribution in [3.63, 3.8) is 0 Å². The van der Waals surface area contributed by atoms with Crippen molar-refractivity contribution in [1.82, 2.24) is 14.5 Å². The smallest absolute Gasteiger partial charge is 0.271 e. The van der Waals surface area contributed by atoms with Crippen LogP contribution in [0, 0.1) is 12.8 Å². The summed E-state index contributed by atoms with van der Waals surface area (Å²) >= 11 is 0. The third-order valence-electron chi connectivity index (χ3n) is 4.77. The van der Waals surface area contributed by atoms with Crippen molar-refractivity contribution in [2.75, 3.05) is 6.61 Å². The summed E-state index contributed by atoms with van der Waals surface area (Å²) in [6.07, 6.45) is 2.98. The van der Waals surface area contributed by atoms with Gasteiger partial charge in [-0.3, -0.25) is 14.3 Å². The fourth-order valence-corrected chi connectivity index (χ4v) is 4.49. The van der Waals surface area contributed by atoms with Gasteiger partial charge in [0.2, 0.25) is 0 Å². The molecule has 0 fully saturated rings. The van der Waals surface area contributed by atoms with Gasteiger partial charge in [-0.05, 0) is 36.0 Å². The second-order valence-corrected chi connectivity index (χ2v) is 9.49. The Morgan fingerprint density at radius 3 is 2.79 bits per heavy atom. The Morgan fingerprint density at radius 2 is 2.10 bits per heavy atom. The lowest BCUT2D eigenvalue weighted by Gasteiger charge is -2.13. The first-order valence-electron chi connectivity index (χ1n) is 9.46. The van der Waals surface area contributed by atoms with Crippen molar-refractivity contribution in [3.8, 4) is 5.75 Å². The minimum Gasteiger partial charge on any atom is -0.483 e. The molecule has 1 unspecified atom stereocenters. The van der Waals surface area contributed by atoms with Gasteiger partial charge in [0.15, 0.2) is 12.4 Å². The normalized spacial score (nSPS) is 16.2. The van der Waals surface area contributed by atoms with Crippen LogP contribution in [0.5, 0.6) is 5.75 Å². The maximum Gasteiger partial charge on any atom is 0.271 e. The van der Waals surface area contributed by atoms with Crippen LogP contribution < -0.4 is 9.46 Å². The number of ketones is 1. The van der Waals surface area contributed by atoms with E-state index in [0.717, 1.165) is 11.1 Å². The van der Waals surface area contributed by atoms with Crippen molar-refractivity contribution in [3.05, 3.63) is 41.2 Å². The summed E-state index contributed by atoms with van der Waals surface area (Å²) in [5.74, 6) is -0.156. The number of fused-ring (bicyclic) bond motifs is 1. The van der Waals surface area contributed by atoms with Gasteiger partial charge in [-0.1, -0.05) is 26.8 Å². The molecule has 9 heteroatoms. The molecule has 8 nitrogen and oxygen atoms in total. The Kier molecular flexibility index (Phi) is 5.79. The number of carbonyl (C=O) groups is 2. The van der Waals surface area contributed by atoms with E-state index >= 15 is 0 Å². The molecule has 1 atom stereocenters. The molecule has 0 spiro atoms. The Morgan fingerprint density at radius 1 is 1.38 bits per heavy atom. The first-order valence-corrected chi connectivity index (χ1v) is 10.9. The van der Waals surface area contributed by atoms with Gasteiger partial charge in [0.25, 0.3) is 15.9 Å². The van der Waals surface area contributed by atoms with Gasteiger partial charge >= 0.3 is 0 Å². The van der Waals surface area contributed by atoms with Crippen molar-refractivity contribution in [2.45, 2.75) is 51.5 Å². The third kappa shape index (κ3) is 4.50. The molecular formula is C20H25N3O5S. The third-order valence-corrected chi connectivity index (χ3v) is 6.10. The summed E-state index contributed by atoms with van der Waals surface area (Å²) in [5.41, 5.74) is 2.41. The van der Waals surface area contributed by atoms with Crippen LogP contribution in [0.3, 0.4) is 0 Å². The second-order valence-electron chi connectivity index (χ2n) is 7.81. The zero-order chi connectivity index (χ0) is 21.3. The van der Waals surface area contributed by atoms with E-state index < -0.39 is 22.5 Å². The molecule has 1 aromatic heterocycles. The minimum absolute atomic E-state index is 0.0307. The van der Waals surface area contributed by atoms with E-state index in [1.807, 2.05) is 38.5 Å². The molecule has 29 heavy (non-hydrogen) atoms. The summed E-state index contributed by atoms with van der Waals surface area (Å²) in [5, 5.41) is 4.00. The molecule has 0 saturated heterocycles. The number of nitrogens with zero attached hydrogens (tertiary/aromatic N) is 2. The molecule has 0 radical (unpaired) electrons. The maximum absolute atomic E-state index is 12.4. The van der Waals surface area contributed by atoms with Gasteiger partial charge in [0.05, 0.1) is 11.8 Å². The molecule has 2 aromatic rings. The van der Waals surface area contributed by atoms with E-state index in [1.54, 1.807) is 6.07 Å². The molecule has 3 rings (SSSR count). The lowest BCUT2D eigenvalue weighted by Crippen LogP contribution is -2.34. The van der Waals surface area contributed by atoms with Crippen LogP contribution in [-0.4, -0.2) is 36.5 Å². The van der Waals surface area contributed by atoms with E-state index in [1.165, 1.54) is 17.1 Å². The lowest BCUT2D eigenvalue weighted by molar-refractivity contribution is -0.121. The number of nitrogens with one attached hydrogen (secondary N) is 1. The van der Waals surface area contributed by atoms with Crippen LogP contribution >= 0.6 is 0 Å². The van der Waals surface area contributed by atoms with E-state index in [0.29, 0.717) is 30.2 Å². The molecule has 1 aromatic carbocycles. The van der Waals surface area contributed by atoms with Crippen LogP contribution in [0.2, 0.25) is 0 Å². The molecule has 1 aliphatic carbocycles. The summed E-state index contributed by atoms with van der Waals surface area (Å²) in [6, 6.07) is 3.48. The summed E-state index contributed by atoms with van der Waals surface area (Å²) in [6.45, 7) is 7.92. The van der Waals surface area contributed by atoms with Gasteiger partial charge in [-0.2, -0.15) is 5.10 Å². The average Bonchev–Trinajstić information content (AvgIpc) is 3.19. The number of rotatable bonds is 7. The number of carbonyl (C=O) groups excluding carboxylic acids is 2. The van der Waals surface area contributed by atoms with Crippen LogP contribution in [0.25, 0.3) is 0 Å². The standard InChI is InChI=1S/C20H25N3O5S/c1-12(2)9-23-10-15(8-21-23)29(26,27)22-18(25)11-28-17-6-5-13(3)19-14(4)7-16(24)20(17)19/h5-6,8,10,12,14H,7,9,11H2,1-4H3,(H,22,25). The first-order chi connectivity index (χ1) is 13.6. The number of hydrogen-bond acceptors (Lipinski definition) is 6. The Labute approximate surface area is 170 Å². The van der Waals surface area contributed by atoms with Crippen molar-refractivity contribution < 1.29 is 22.7 Å². The van der Waals surface area contributed by atoms with Crippen LogP contribution in [0.4, 0.5) is 0 Å². The van der Waals surface area contributed by atoms with Crippen molar-refractivity contribution in [1.29, 1.82) is 0 Å². The molecule has 156 valence electrons. The van der Waals surface area contributed by atoms with Crippen LogP contribution in [-0.2, 0) is 21.4 Å². The number of hydrogen-bond donors (Lipinski definition) is 1. The van der Waals surface area contributed by atoms with Gasteiger partial charge in [0, 0.05) is 19.2 Å². The van der Waals surface area contributed by atoms with E-state index in [4.69, 9.17) is 4.74 Å². The number of benzene rings is 1. The highest BCUT2D eigenvalue weighted by Crippen LogP contribution is 2.40. The summed E-state index contributed by atoms with van der Waals surface area (Å²) in [4.78, 5) is 24.4. The molecule has 0 bridgehead atoms. The number of sulfonamides is 1. The van der Waals surface area contributed by atoms with Crippen molar-refractivity contribution in [2.24, 2.45) is 5.92 Å². The van der Waals surface area contributed by atoms with E-state index in [9.17, 15) is 18.0 Å². The predicted molar refractivity (Wildman–Crippen MR) is 106 cm³/mol. The highest BCUT2D eigenvalue weighted by Gasteiger charge is 2.31. The molecule has 1 N–H and O–H groups in total. The average molecular weight is 420 g/mol. The zero-order valence-corrected chi connectivity index (χ0v) is 17.7. The number of aromatic nitrogens is 2. The topological polar surface area (TPSA) is 107 Å². The van der Waals surface area contributed by atoms with E-state index in [2.05, 4.69) is 5.10 Å². The quantitative estimate of drug-likeness (QED) is 0.739. The number of amides is 1. The van der Waals surface area contributed by atoms with Gasteiger partial charge in [-0.15, -0.1) is 0 Å². The Hall–Kier alpha value is -2.68. The van der Waals surface area contributed by atoms with Gasteiger partial charge in [-0.25, -0.2) is 13.1 Å². The molecule has 1 aliphatic rings. The minimum atomic E-state index is -4.05. The number of aryl methyl sites for hydroxylation is 1. The molecule has 1 amide bonds. The maximum atomic E-state index is 12.4. The largest absolute Gasteiger partial charge is 0.483 e. The van der Waals surface area contributed by atoms with Crippen LogP contribution in [0.1, 0.15) is 54.6 Å². The van der Waals surface area contributed by atoms with Crippen LogP contribution in [0.15, 0.2) is 29.4 Å². The first kappa shape index (κ1) is 21.0. The fraction of sp³-hybridized carbons (Fsp3) is 0.450. The molecule has 1 heterocycles. The number of ether oxygens (including phenoxy) is 1. The van der Waals surface area contributed by atoms with E-state index in [-0.39, 0.29) is 16.6 Å². The monoisotopic (exact) mass is 419 g/mol. The highest BCUT2D eigenvalue weighted by molar-refractivity contribution is 7.90. The molecule has 0 saturated carbocycles. The summed E-state index contributed by atoms with van der Waals surface area (Å²) < 4.78 is 33.8. The highest BCUT2D eigenvalue weighted by atomic mass is 32.2.